The van der Waals surface area contributed by atoms with Crippen molar-refractivity contribution >= 4 is 35.1 Å². The Balaban J connectivity index is 1.38. The first kappa shape index (κ1) is 24.0. The Hall–Kier alpha value is -4.71. The number of anilines is 1. The first-order chi connectivity index (χ1) is 18.0. The third-order valence-electron chi connectivity index (χ3n) is 5.34. The Labute approximate surface area is 214 Å². The molecule has 0 saturated carbocycles. The summed E-state index contributed by atoms with van der Waals surface area (Å²) >= 11 is 6.02. The van der Waals surface area contributed by atoms with Crippen LogP contribution in [0.15, 0.2) is 74.8 Å². The Morgan fingerprint density at radius 1 is 1.14 bits per heavy atom. The van der Waals surface area contributed by atoms with Crippen LogP contribution in [-0.2, 0) is 16.1 Å². The molecule has 0 spiro atoms. The van der Waals surface area contributed by atoms with Gasteiger partial charge in [0, 0.05) is 16.8 Å². The van der Waals surface area contributed by atoms with E-state index in [2.05, 4.69) is 30.4 Å². The van der Waals surface area contributed by atoms with Gasteiger partial charge in [-0.3, -0.25) is 14.7 Å². The molecule has 0 saturated heterocycles. The van der Waals surface area contributed by atoms with Gasteiger partial charge in [0.15, 0.2) is 0 Å². The molecule has 3 heterocycles. The van der Waals surface area contributed by atoms with E-state index >= 15 is 0 Å². The summed E-state index contributed by atoms with van der Waals surface area (Å²) in [5, 5.41) is 15.0. The lowest BCUT2D eigenvalue weighted by molar-refractivity contribution is -0.130. The zero-order valence-electron chi connectivity index (χ0n) is 19.3. The van der Waals surface area contributed by atoms with Crippen molar-refractivity contribution in [2.75, 3.05) is 19.0 Å². The number of methoxy groups -OCH3 is 1. The van der Waals surface area contributed by atoms with Crippen LogP contribution in [0.4, 0.5) is 5.69 Å². The summed E-state index contributed by atoms with van der Waals surface area (Å²) in [4.78, 5) is 31.3. The van der Waals surface area contributed by atoms with Crippen LogP contribution in [0.3, 0.4) is 0 Å². The van der Waals surface area contributed by atoms with Gasteiger partial charge in [0.05, 0.1) is 20.2 Å². The van der Waals surface area contributed by atoms with Crippen LogP contribution in [0.5, 0.6) is 11.6 Å². The minimum Gasteiger partial charge on any atom is -0.462 e. The molecule has 1 aliphatic heterocycles. The van der Waals surface area contributed by atoms with Crippen molar-refractivity contribution in [1.29, 1.82) is 0 Å². The summed E-state index contributed by atoms with van der Waals surface area (Å²) in [6.45, 7) is 0.234. The first-order valence-electron chi connectivity index (χ1n) is 11.0. The van der Waals surface area contributed by atoms with Crippen molar-refractivity contribution in [3.05, 3.63) is 83.2 Å². The molecule has 0 bridgehead atoms. The van der Waals surface area contributed by atoms with E-state index in [1.165, 1.54) is 18.3 Å². The van der Waals surface area contributed by atoms with Gasteiger partial charge in [0.25, 0.3) is 5.88 Å². The molecule has 37 heavy (non-hydrogen) atoms. The van der Waals surface area contributed by atoms with Gasteiger partial charge in [-0.05, 0) is 47.1 Å². The van der Waals surface area contributed by atoms with Gasteiger partial charge in [-0.1, -0.05) is 23.7 Å². The van der Waals surface area contributed by atoms with Crippen LogP contribution < -0.4 is 10.1 Å². The minimum absolute atomic E-state index is 0.0244. The van der Waals surface area contributed by atoms with Gasteiger partial charge in [-0.2, -0.15) is 0 Å². The number of carbonyl (C=O) groups is 2. The number of halogens is 1. The molecule has 1 aliphatic rings. The highest BCUT2D eigenvalue weighted by atomic mass is 35.5. The van der Waals surface area contributed by atoms with Gasteiger partial charge >= 0.3 is 11.9 Å². The first-order valence-corrected chi connectivity index (χ1v) is 11.4. The number of aromatic nitrogens is 3. The Bertz CT molecular complexity index is 1420. The monoisotopic (exact) mass is 522 g/mol. The molecule has 0 aliphatic carbocycles. The number of aliphatic imine (C=N–C) groups is 1. The standard InChI is InChI=1S/C24H19ClN6O6/c1-34-23(33)21-29-28-20(37-21)18-12-26-24(31(22(18)32)13-14-2-4-15(25)5-3-14)27-16-6-8-17(9-7-16)36-19-10-11-35-30-19/h2-11,18H,12-13H2,1H3,(H,26,27). The van der Waals surface area contributed by atoms with Crippen LogP contribution in [0.1, 0.15) is 28.1 Å². The molecule has 5 rings (SSSR count). The lowest BCUT2D eigenvalue weighted by Gasteiger charge is -2.31. The number of guanidine groups is 1. The molecular formula is C24H19ClN6O6. The highest BCUT2D eigenvalue weighted by Crippen LogP contribution is 2.26. The van der Waals surface area contributed by atoms with Crippen LogP contribution >= 0.6 is 11.6 Å². The number of hydrogen-bond donors (Lipinski definition) is 1. The summed E-state index contributed by atoms with van der Waals surface area (Å²) in [5.41, 5.74) is 1.49. The lowest BCUT2D eigenvalue weighted by Crippen LogP contribution is -2.47. The quantitative estimate of drug-likeness (QED) is 0.355. The van der Waals surface area contributed by atoms with Crippen molar-refractivity contribution in [2.45, 2.75) is 12.5 Å². The van der Waals surface area contributed by atoms with Crippen molar-refractivity contribution in [2.24, 2.45) is 4.99 Å². The molecule has 12 nitrogen and oxygen atoms in total. The fourth-order valence-corrected chi connectivity index (χ4v) is 3.63. The maximum absolute atomic E-state index is 13.6. The molecule has 0 radical (unpaired) electrons. The van der Waals surface area contributed by atoms with E-state index in [4.69, 9.17) is 25.3 Å². The highest BCUT2D eigenvalue weighted by molar-refractivity contribution is 6.30. The topological polar surface area (TPSA) is 145 Å². The van der Waals surface area contributed by atoms with E-state index in [1.54, 1.807) is 42.5 Å². The van der Waals surface area contributed by atoms with Gasteiger partial charge in [-0.25, -0.2) is 4.79 Å². The number of amides is 1. The largest absolute Gasteiger partial charge is 0.462 e. The number of esters is 1. The van der Waals surface area contributed by atoms with E-state index in [9.17, 15) is 9.59 Å². The number of nitrogens with zero attached hydrogens (tertiary/aromatic N) is 5. The maximum Gasteiger partial charge on any atom is 0.396 e. The third kappa shape index (κ3) is 5.43. The molecule has 13 heteroatoms. The predicted molar refractivity (Wildman–Crippen MR) is 129 cm³/mol. The fraction of sp³-hybridized carbons (Fsp3) is 0.167. The van der Waals surface area contributed by atoms with Gasteiger partial charge < -0.3 is 23.7 Å². The van der Waals surface area contributed by atoms with Crippen LogP contribution in [0.25, 0.3) is 0 Å². The van der Waals surface area contributed by atoms with Crippen molar-refractivity contribution in [3.8, 4) is 11.6 Å². The van der Waals surface area contributed by atoms with Crippen LogP contribution in [0.2, 0.25) is 5.02 Å². The van der Waals surface area contributed by atoms with Crippen molar-refractivity contribution in [3.63, 3.8) is 0 Å². The van der Waals surface area contributed by atoms with Gasteiger partial charge in [0.1, 0.15) is 17.9 Å². The van der Waals surface area contributed by atoms with Crippen molar-refractivity contribution in [1.82, 2.24) is 20.3 Å². The second-order valence-corrected chi connectivity index (χ2v) is 8.23. The zero-order chi connectivity index (χ0) is 25.8. The molecule has 1 N–H and O–H groups in total. The smallest absolute Gasteiger partial charge is 0.396 e. The Kier molecular flexibility index (Phi) is 6.81. The minimum atomic E-state index is -0.873. The van der Waals surface area contributed by atoms with E-state index < -0.39 is 11.9 Å². The third-order valence-corrected chi connectivity index (χ3v) is 5.60. The summed E-state index contributed by atoms with van der Waals surface area (Å²) in [5.74, 6) is -1.15. The number of rotatable bonds is 7. The zero-order valence-corrected chi connectivity index (χ0v) is 20.1. The average molecular weight is 523 g/mol. The van der Waals surface area contributed by atoms with Crippen LogP contribution in [0, 0.1) is 0 Å². The summed E-state index contributed by atoms with van der Waals surface area (Å²) in [6.07, 6.45) is 1.41. The molecule has 2 aromatic carbocycles. The summed E-state index contributed by atoms with van der Waals surface area (Å²) in [6, 6.07) is 15.7. The highest BCUT2D eigenvalue weighted by Gasteiger charge is 2.37. The molecule has 0 fully saturated rings. The normalized spacial score (nSPS) is 15.3. The van der Waals surface area contributed by atoms with Crippen LogP contribution in [-0.4, -0.2) is 51.7 Å². The maximum atomic E-state index is 13.6. The second kappa shape index (κ2) is 10.5. The van der Waals surface area contributed by atoms with E-state index in [0.29, 0.717) is 28.3 Å². The predicted octanol–water partition coefficient (Wildman–Crippen LogP) is 3.88. The molecule has 4 aromatic rings. The second-order valence-electron chi connectivity index (χ2n) is 7.79. The summed E-state index contributed by atoms with van der Waals surface area (Å²) < 4.78 is 20.3. The number of hydrogen-bond acceptors (Lipinski definition) is 11. The Morgan fingerprint density at radius 2 is 1.92 bits per heavy atom. The number of benzene rings is 2. The van der Waals surface area contributed by atoms with Gasteiger partial charge in [0.2, 0.25) is 17.8 Å². The molecular weight excluding hydrogens is 504 g/mol. The van der Waals surface area contributed by atoms with Gasteiger partial charge in [-0.15, -0.1) is 10.2 Å². The molecule has 1 amide bonds. The number of carbonyl (C=O) groups excluding carboxylic acids is 2. The van der Waals surface area contributed by atoms with Crippen molar-refractivity contribution < 1.29 is 28.0 Å². The lowest BCUT2D eigenvalue weighted by atomic mass is 10.1. The van der Waals surface area contributed by atoms with E-state index in [-0.39, 0.29) is 30.8 Å². The average Bonchev–Trinajstić information content (AvgIpc) is 3.61. The fourth-order valence-electron chi connectivity index (χ4n) is 3.51. The van der Waals surface area contributed by atoms with E-state index in [0.717, 1.165) is 5.56 Å². The Morgan fingerprint density at radius 3 is 2.62 bits per heavy atom. The SMILES string of the molecule is COC(=O)c1nnc(C2CN=C(Nc3ccc(Oc4ccon4)cc3)N(Cc3ccc(Cl)cc3)C2=O)o1. The summed E-state index contributed by atoms with van der Waals surface area (Å²) in [7, 11) is 1.20. The molecule has 1 unspecified atom stereocenters. The number of ether oxygens (including phenoxy) is 2. The molecule has 1 atom stereocenters. The molecule has 188 valence electrons. The molecule has 2 aromatic heterocycles. The van der Waals surface area contributed by atoms with E-state index in [1.807, 2.05) is 12.1 Å². The number of nitrogens with one attached hydrogen (secondary N) is 1.